The number of carbonyl (C=O) groups excluding carboxylic acids is 1. The van der Waals surface area contributed by atoms with Gasteiger partial charge in [0.1, 0.15) is 0 Å². The van der Waals surface area contributed by atoms with E-state index in [0.29, 0.717) is 6.54 Å². The summed E-state index contributed by atoms with van der Waals surface area (Å²) in [4.78, 5) is 11.8. The maximum Gasteiger partial charge on any atom is 0.319 e. The molecule has 0 aliphatic carbocycles. The summed E-state index contributed by atoms with van der Waals surface area (Å²) in [5.74, 6) is 0. The van der Waals surface area contributed by atoms with Crippen LogP contribution in [0.5, 0.6) is 0 Å². The third-order valence-electron chi connectivity index (χ3n) is 3.02. The molecule has 0 spiro atoms. The first-order valence-electron chi connectivity index (χ1n) is 6.57. The monoisotopic (exact) mass is 269 g/mol. The van der Waals surface area contributed by atoms with Gasteiger partial charge in [0.15, 0.2) is 0 Å². The second-order valence-electron chi connectivity index (χ2n) is 4.72. The molecule has 104 valence electrons. The number of hydrogen-bond donors (Lipinski definition) is 3. The zero-order chi connectivity index (χ0) is 14.4. The number of nitrogens with two attached hydrogens (primary N) is 1. The minimum atomic E-state index is -0.250. The molecule has 0 aromatic heterocycles. The van der Waals surface area contributed by atoms with Gasteiger partial charge in [-0.1, -0.05) is 48.0 Å². The fourth-order valence-corrected chi connectivity index (χ4v) is 1.83. The van der Waals surface area contributed by atoms with Gasteiger partial charge < -0.3 is 16.4 Å². The molecule has 4 N–H and O–H groups in total. The van der Waals surface area contributed by atoms with Crippen molar-refractivity contribution in [1.29, 1.82) is 0 Å². The quantitative estimate of drug-likeness (QED) is 0.799. The average molecular weight is 269 g/mol. The molecule has 0 fully saturated rings. The van der Waals surface area contributed by atoms with Crippen LogP contribution < -0.4 is 16.4 Å². The van der Waals surface area contributed by atoms with Gasteiger partial charge in [-0.3, -0.25) is 0 Å². The molecule has 2 rings (SSSR count). The second-order valence-corrected chi connectivity index (χ2v) is 4.72. The summed E-state index contributed by atoms with van der Waals surface area (Å²) in [6, 6.07) is 16.9. The van der Waals surface area contributed by atoms with E-state index in [1.165, 1.54) is 0 Å². The molecule has 0 heterocycles. The van der Waals surface area contributed by atoms with Crippen molar-refractivity contribution in [1.82, 2.24) is 5.32 Å². The Labute approximate surface area is 119 Å². The van der Waals surface area contributed by atoms with Gasteiger partial charge in [0, 0.05) is 18.3 Å². The number of carbonyl (C=O) groups is 1. The molecule has 1 atom stereocenters. The Morgan fingerprint density at radius 1 is 1.10 bits per heavy atom. The summed E-state index contributed by atoms with van der Waals surface area (Å²) in [6.45, 7) is 2.39. The van der Waals surface area contributed by atoms with E-state index in [1.807, 2.05) is 61.5 Å². The number of amides is 2. The number of hydrogen-bond acceptors (Lipinski definition) is 2. The third-order valence-corrected chi connectivity index (χ3v) is 3.02. The van der Waals surface area contributed by atoms with Crippen LogP contribution in [0.3, 0.4) is 0 Å². The molecule has 0 aliphatic rings. The van der Waals surface area contributed by atoms with Crippen molar-refractivity contribution in [2.45, 2.75) is 13.0 Å². The molecule has 0 bridgehead atoms. The average Bonchev–Trinajstić information content (AvgIpc) is 2.48. The summed E-state index contributed by atoms with van der Waals surface area (Å²) >= 11 is 0. The Bertz CT molecular complexity index is 552. The van der Waals surface area contributed by atoms with Crippen LogP contribution >= 0.6 is 0 Å². The molecule has 0 saturated carbocycles. The van der Waals surface area contributed by atoms with Gasteiger partial charge in [0.05, 0.1) is 0 Å². The van der Waals surface area contributed by atoms with Crippen LogP contribution in [-0.2, 0) is 0 Å². The van der Waals surface area contributed by atoms with Crippen LogP contribution in [-0.4, -0.2) is 12.6 Å². The standard InChI is InChI=1S/C16H19N3O/c1-12-7-9-14(10-8-12)19-16(20)18-11-15(17)13-5-3-2-4-6-13/h2-10,15H,11,17H2,1H3,(H2,18,19,20). The van der Waals surface area contributed by atoms with Crippen LogP contribution in [0.25, 0.3) is 0 Å². The van der Waals surface area contributed by atoms with E-state index < -0.39 is 0 Å². The molecule has 0 aliphatic heterocycles. The lowest BCUT2D eigenvalue weighted by atomic mass is 10.1. The lowest BCUT2D eigenvalue weighted by Gasteiger charge is -2.13. The Morgan fingerprint density at radius 3 is 2.40 bits per heavy atom. The van der Waals surface area contributed by atoms with Crippen LogP contribution in [0.15, 0.2) is 54.6 Å². The largest absolute Gasteiger partial charge is 0.336 e. The molecular weight excluding hydrogens is 250 g/mol. The first-order valence-corrected chi connectivity index (χ1v) is 6.57. The van der Waals surface area contributed by atoms with Gasteiger partial charge in [0.25, 0.3) is 0 Å². The highest BCUT2D eigenvalue weighted by Gasteiger charge is 2.07. The van der Waals surface area contributed by atoms with Gasteiger partial charge in [-0.2, -0.15) is 0 Å². The van der Waals surface area contributed by atoms with Crippen molar-refractivity contribution in [2.24, 2.45) is 5.73 Å². The molecule has 2 aromatic carbocycles. The van der Waals surface area contributed by atoms with E-state index in [0.717, 1.165) is 16.8 Å². The molecule has 0 radical (unpaired) electrons. The fourth-order valence-electron chi connectivity index (χ4n) is 1.83. The molecule has 1 unspecified atom stereocenters. The minimum Gasteiger partial charge on any atom is -0.336 e. The van der Waals surface area contributed by atoms with E-state index in [9.17, 15) is 4.79 Å². The van der Waals surface area contributed by atoms with Crippen LogP contribution in [0.2, 0.25) is 0 Å². The van der Waals surface area contributed by atoms with E-state index in [4.69, 9.17) is 5.73 Å². The van der Waals surface area contributed by atoms with Crippen molar-refractivity contribution < 1.29 is 4.79 Å². The van der Waals surface area contributed by atoms with Crippen molar-refractivity contribution in [3.05, 3.63) is 65.7 Å². The highest BCUT2D eigenvalue weighted by atomic mass is 16.2. The van der Waals surface area contributed by atoms with Gasteiger partial charge in [-0.05, 0) is 24.6 Å². The van der Waals surface area contributed by atoms with Crippen molar-refractivity contribution in [3.8, 4) is 0 Å². The highest BCUT2D eigenvalue weighted by molar-refractivity contribution is 5.89. The summed E-state index contributed by atoms with van der Waals surface area (Å²) < 4.78 is 0. The predicted molar refractivity (Wildman–Crippen MR) is 81.6 cm³/mol. The number of rotatable bonds is 4. The second kappa shape index (κ2) is 6.73. The zero-order valence-electron chi connectivity index (χ0n) is 11.5. The third kappa shape index (κ3) is 4.10. The summed E-state index contributed by atoms with van der Waals surface area (Å²) in [5.41, 5.74) is 8.94. The highest BCUT2D eigenvalue weighted by Crippen LogP contribution is 2.09. The van der Waals surface area contributed by atoms with Gasteiger partial charge >= 0.3 is 6.03 Å². The van der Waals surface area contributed by atoms with Crippen molar-refractivity contribution in [2.75, 3.05) is 11.9 Å². The zero-order valence-corrected chi connectivity index (χ0v) is 11.5. The van der Waals surface area contributed by atoms with Crippen molar-refractivity contribution >= 4 is 11.7 Å². The molecule has 0 saturated heterocycles. The summed E-state index contributed by atoms with van der Waals surface area (Å²) in [7, 11) is 0. The van der Waals surface area contributed by atoms with Gasteiger partial charge in [-0.15, -0.1) is 0 Å². The Kier molecular flexibility index (Phi) is 4.74. The van der Waals surface area contributed by atoms with E-state index >= 15 is 0 Å². The number of anilines is 1. The summed E-state index contributed by atoms with van der Waals surface area (Å²) in [6.07, 6.45) is 0. The Hall–Kier alpha value is -2.33. The van der Waals surface area contributed by atoms with Crippen LogP contribution in [0.1, 0.15) is 17.2 Å². The van der Waals surface area contributed by atoms with Crippen LogP contribution in [0.4, 0.5) is 10.5 Å². The fraction of sp³-hybridized carbons (Fsp3) is 0.188. The SMILES string of the molecule is Cc1ccc(NC(=O)NCC(N)c2ccccc2)cc1. The normalized spacial score (nSPS) is 11.7. The lowest BCUT2D eigenvalue weighted by molar-refractivity contribution is 0.251. The number of benzene rings is 2. The van der Waals surface area contributed by atoms with E-state index in [1.54, 1.807) is 0 Å². The topological polar surface area (TPSA) is 67.2 Å². The minimum absolute atomic E-state index is 0.208. The Morgan fingerprint density at radius 2 is 1.75 bits per heavy atom. The maximum atomic E-state index is 11.8. The number of urea groups is 1. The van der Waals surface area contributed by atoms with Gasteiger partial charge in [-0.25, -0.2) is 4.79 Å². The first kappa shape index (κ1) is 14.1. The molecule has 2 aromatic rings. The Balaban J connectivity index is 1.82. The number of nitrogens with one attached hydrogen (secondary N) is 2. The van der Waals surface area contributed by atoms with E-state index in [-0.39, 0.29) is 12.1 Å². The number of aryl methyl sites for hydroxylation is 1. The first-order chi connectivity index (χ1) is 9.65. The van der Waals surface area contributed by atoms with Crippen molar-refractivity contribution in [3.63, 3.8) is 0 Å². The lowest BCUT2D eigenvalue weighted by Crippen LogP contribution is -2.34. The molecule has 2 amide bonds. The van der Waals surface area contributed by atoms with Gasteiger partial charge in [0.2, 0.25) is 0 Å². The van der Waals surface area contributed by atoms with Crippen LogP contribution in [0, 0.1) is 6.92 Å². The predicted octanol–water partition coefficient (Wildman–Crippen LogP) is 2.82. The molecular formula is C16H19N3O. The summed E-state index contributed by atoms with van der Waals surface area (Å²) in [5, 5.41) is 5.54. The molecule has 4 nitrogen and oxygen atoms in total. The molecule has 4 heteroatoms. The smallest absolute Gasteiger partial charge is 0.319 e. The maximum absolute atomic E-state index is 11.8. The molecule has 20 heavy (non-hydrogen) atoms. The van der Waals surface area contributed by atoms with E-state index in [2.05, 4.69) is 10.6 Å².